The van der Waals surface area contributed by atoms with Gasteiger partial charge in [-0.1, -0.05) is 49.2 Å². The highest BCUT2D eigenvalue weighted by Gasteiger charge is 2.41. The van der Waals surface area contributed by atoms with E-state index in [4.69, 9.17) is 0 Å². The van der Waals surface area contributed by atoms with Gasteiger partial charge in [-0.15, -0.1) is 0 Å². The van der Waals surface area contributed by atoms with Gasteiger partial charge in [0.25, 0.3) is 0 Å². The highest BCUT2D eigenvalue weighted by molar-refractivity contribution is 5.30. The van der Waals surface area contributed by atoms with Gasteiger partial charge in [-0.2, -0.15) is 0 Å². The molecule has 2 nitrogen and oxygen atoms in total. The van der Waals surface area contributed by atoms with Gasteiger partial charge in [-0.25, -0.2) is 0 Å². The van der Waals surface area contributed by atoms with Crippen LogP contribution in [0.2, 0.25) is 0 Å². The summed E-state index contributed by atoms with van der Waals surface area (Å²) >= 11 is 0. The van der Waals surface area contributed by atoms with E-state index in [0.717, 1.165) is 24.8 Å². The minimum Gasteiger partial charge on any atom is -0.384 e. The van der Waals surface area contributed by atoms with Crippen LogP contribution < -0.4 is 0 Å². The third-order valence-electron chi connectivity index (χ3n) is 4.24. The first-order valence-electron chi connectivity index (χ1n) is 6.98. The molecule has 0 saturated heterocycles. The first kappa shape index (κ1) is 12.4. The van der Waals surface area contributed by atoms with Gasteiger partial charge in [0.15, 0.2) is 0 Å². The van der Waals surface area contributed by atoms with E-state index in [1.165, 1.54) is 12.0 Å². The molecule has 1 fully saturated rings. The lowest BCUT2D eigenvalue weighted by molar-refractivity contribution is -0.0227. The molecule has 19 heavy (non-hydrogen) atoms. The van der Waals surface area contributed by atoms with E-state index >= 15 is 0 Å². The van der Waals surface area contributed by atoms with E-state index in [1.807, 2.05) is 30.3 Å². The predicted octanol–water partition coefficient (Wildman–Crippen LogP) is 3.63. The molecular weight excluding hydrogens is 234 g/mol. The van der Waals surface area contributed by atoms with Gasteiger partial charge >= 0.3 is 0 Å². The van der Waals surface area contributed by atoms with E-state index in [2.05, 4.69) is 17.1 Å². The Morgan fingerprint density at radius 2 is 1.89 bits per heavy atom. The lowest BCUT2D eigenvalue weighted by atomic mass is 9.69. The summed E-state index contributed by atoms with van der Waals surface area (Å²) in [5, 5.41) is 11.2. The van der Waals surface area contributed by atoms with Crippen LogP contribution in [-0.4, -0.2) is 10.1 Å². The zero-order chi connectivity index (χ0) is 13.1. The summed E-state index contributed by atoms with van der Waals surface area (Å²) in [4.78, 5) is 4.17. The second-order valence-electron chi connectivity index (χ2n) is 5.38. The molecule has 1 heterocycles. The molecule has 0 aliphatic heterocycles. The van der Waals surface area contributed by atoms with Crippen molar-refractivity contribution in [3.8, 4) is 0 Å². The lowest BCUT2D eigenvalue weighted by Crippen LogP contribution is -2.36. The molecule has 2 aromatic rings. The average molecular weight is 253 g/mol. The Balaban J connectivity index is 2.02. The largest absolute Gasteiger partial charge is 0.384 e. The third-order valence-corrected chi connectivity index (χ3v) is 4.24. The van der Waals surface area contributed by atoms with Crippen LogP contribution in [0.25, 0.3) is 0 Å². The number of benzene rings is 1. The molecule has 1 aliphatic carbocycles. The molecule has 0 amide bonds. The molecule has 3 rings (SSSR count). The van der Waals surface area contributed by atoms with E-state index in [0.29, 0.717) is 0 Å². The van der Waals surface area contributed by atoms with Gasteiger partial charge in [0.05, 0.1) is 5.60 Å². The van der Waals surface area contributed by atoms with Crippen molar-refractivity contribution in [1.29, 1.82) is 0 Å². The topological polar surface area (TPSA) is 33.1 Å². The highest BCUT2D eigenvalue weighted by Crippen LogP contribution is 2.46. The van der Waals surface area contributed by atoms with Crippen LogP contribution in [0.1, 0.15) is 42.7 Å². The average Bonchev–Trinajstić information content (AvgIpc) is 2.49. The molecule has 2 heteroatoms. The Bertz CT molecular complexity index is 525. The van der Waals surface area contributed by atoms with Crippen LogP contribution >= 0.6 is 0 Å². The molecule has 0 radical (unpaired) electrons. The summed E-state index contributed by atoms with van der Waals surface area (Å²) in [5.41, 5.74) is 1.41. The van der Waals surface area contributed by atoms with Crippen molar-refractivity contribution < 1.29 is 5.11 Å². The molecule has 1 aromatic carbocycles. The van der Waals surface area contributed by atoms with Crippen molar-refractivity contribution in [2.75, 3.05) is 0 Å². The van der Waals surface area contributed by atoms with Gasteiger partial charge < -0.3 is 5.11 Å². The summed E-state index contributed by atoms with van der Waals surface area (Å²) < 4.78 is 0. The number of nitrogens with zero attached hydrogens (tertiary/aromatic N) is 1. The van der Waals surface area contributed by atoms with Crippen LogP contribution in [-0.2, 0) is 5.60 Å². The van der Waals surface area contributed by atoms with E-state index in [-0.39, 0.29) is 5.92 Å². The zero-order valence-electron chi connectivity index (χ0n) is 11.0. The maximum Gasteiger partial charge on any atom is 0.0979 e. The van der Waals surface area contributed by atoms with Crippen molar-refractivity contribution in [2.45, 2.75) is 37.2 Å². The van der Waals surface area contributed by atoms with Crippen molar-refractivity contribution in [3.63, 3.8) is 0 Å². The number of aromatic nitrogens is 1. The SMILES string of the molecule is OC1(c2cccnc2)CCCCC1c1ccccc1. The van der Waals surface area contributed by atoms with Gasteiger partial charge in [0.2, 0.25) is 0 Å². The summed E-state index contributed by atoms with van der Waals surface area (Å²) in [6.07, 6.45) is 7.68. The standard InChI is InChI=1S/C17H19NO/c19-17(15-9-6-12-18-13-15)11-5-4-10-16(17)14-7-2-1-3-8-14/h1-3,6-9,12-13,16,19H,4-5,10-11H2. The van der Waals surface area contributed by atoms with Gasteiger partial charge in [-0.05, 0) is 24.5 Å². The second-order valence-corrected chi connectivity index (χ2v) is 5.38. The molecule has 2 atom stereocenters. The molecule has 98 valence electrons. The molecule has 0 bridgehead atoms. The Labute approximate surface area is 114 Å². The van der Waals surface area contributed by atoms with Crippen LogP contribution in [0.4, 0.5) is 0 Å². The molecule has 0 spiro atoms. The monoisotopic (exact) mass is 253 g/mol. The fraction of sp³-hybridized carbons (Fsp3) is 0.353. The second kappa shape index (κ2) is 5.14. The third kappa shape index (κ3) is 2.28. The van der Waals surface area contributed by atoms with Gasteiger partial charge in [0.1, 0.15) is 0 Å². The molecule has 1 N–H and O–H groups in total. The van der Waals surface area contributed by atoms with Crippen molar-refractivity contribution >= 4 is 0 Å². The Morgan fingerprint density at radius 3 is 2.63 bits per heavy atom. The molecule has 1 saturated carbocycles. The Hall–Kier alpha value is -1.67. The summed E-state index contributed by atoms with van der Waals surface area (Å²) in [7, 11) is 0. The molecular formula is C17H19NO. The van der Waals surface area contributed by atoms with E-state index in [9.17, 15) is 5.11 Å². The zero-order valence-corrected chi connectivity index (χ0v) is 11.0. The quantitative estimate of drug-likeness (QED) is 0.886. The smallest absolute Gasteiger partial charge is 0.0979 e. The summed E-state index contributed by atoms with van der Waals surface area (Å²) in [5.74, 6) is 0.173. The molecule has 1 aromatic heterocycles. The minimum absolute atomic E-state index is 0.173. The van der Waals surface area contributed by atoms with Crippen molar-refractivity contribution in [1.82, 2.24) is 4.98 Å². The lowest BCUT2D eigenvalue weighted by Gasteiger charge is -2.40. The summed E-state index contributed by atoms with van der Waals surface area (Å²) in [6, 6.07) is 14.3. The predicted molar refractivity (Wildman–Crippen MR) is 75.8 cm³/mol. The Kier molecular flexibility index (Phi) is 3.34. The number of rotatable bonds is 2. The number of aliphatic hydroxyl groups is 1. The summed E-state index contributed by atoms with van der Waals surface area (Å²) in [6.45, 7) is 0. The molecule has 2 unspecified atom stereocenters. The fourth-order valence-corrected chi connectivity index (χ4v) is 3.25. The fourth-order valence-electron chi connectivity index (χ4n) is 3.25. The van der Waals surface area contributed by atoms with Crippen molar-refractivity contribution in [2.24, 2.45) is 0 Å². The maximum atomic E-state index is 11.2. The number of pyridine rings is 1. The van der Waals surface area contributed by atoms with Crippen LogP contribution in [0.5, 0.6) is 0 Å². The van der Waals surface area contributed by atoms with Crippen molar-refractivity contribution in [3.05, 3.63) is 66.0 Å². The van der Waals surface area contributed by atoms with Gasteiger partial charge in [-0.3, -0.25) is 4.98 Å². The number of hydrogen-bond acceptors (Lipinski definition) is 2. The highest BCUT2D eigenvalue weighted by atomic mass is 16.3. The maximum absolute atomic E-state index is 11.2. The van der Waals surface area contributed by atoms with Crippen LogP contribution in [0, 0.1) is 0 Å². The van der Waals surface area contributed by atoms with Crippen LogP contribution in [0.15, 0.2) is 54.9 Å². The normalized spacial score (nSPS) is 27.1. The Morgan fingerprint density at radius 1 is 1.05 bits per heavy atom. The first-order valence-corrected chi connectivity index (χ1v) is 6.98. The van der Waals surface area contributed by atoms with Crippen LogP contribution in [0.3, 0.4) is 0 Å². The molecule has 1 aliphatic rings. The van der Waals surface area contributed by atoms with E-state index < -0.39 is 5.60 Å². The number of hydrogen-bond donors (Lipinski definition) is 1. The minimum atomic E-state index is -0.770. The first-order chi connectivity index (χ1) is 9.31. The van der Waals surface area contributed by atoms with Gasteiger partial charge in [0, 0.05) is 23.9 Å². The van der Waals surface area contributed by atoms with E-state index in [1.54, 1.807) is 12.4 Å².